The van der Waals surface area contributed by atoms with Crippen molar-refractivity contribution in [3.05, 3.63) is 146 Å². The molecule has 226 valence electrons. The molecule has 0 aliphatic carbocycles. The van der Waals surface area contributed by atoms with Gasteiger partial charge in [-0.25, -0.2) is 0 Å². The third kappa shape index (κ3) is 4.16. The van der Waals surface area contributed by atoms with Gasteiger partial charge in [0.1, 0.15) is 11.5 Å². The van der Waals surface area contributed by atoms with Crippen LogP contribution in [0.3, 0.4) is 0 Å². The smallest absolute Gasteiger partial charge is 0.298 e. The summed E-state index contributed by atoms with van der Waals surface area (Å²) in [5.74, 6) is 1.06. The second-order valence-corrected chi connectivity index (χ2v) is 11.9. The average molecular weight is 619 g/mol. The maximum Gasteiger partial charge on any atom is 0.298 e. The number of carbonyl (C=O) groups is 2. The molecule has 4 nitrogen and oxygen atoms in total. The maximum atomic E-state index is 11.2. The van der Waals surface area contributed by atoms with Gasteiger partial charge in [0, 0.05) is 5.39 Å². The summed E-state index contributed by atoms with van der Waals surface area (Å²) in [6.07, 6.45) is 0. The SMILES string of the molecule is O=COc1ccc(-c2ccccc2-c2ccc3c4ccc(-c5cccc6c(OC=O)cccc56)c5cccc(c6cccc2c63)c54)cc1. The van der Waals surface area contributed by atoms with Gasteiger partial charge < -0.3 is 9.47 Å². The first-order valence-electron chi connectivity index (χ1n) is 15.8. The van der Waals surface area contributed by atoms with Crippen molar-refractivity contribution < 1.29 is 19.1 Å². The van der Waals surface area contributed by atoms with Crippen molar-refractivity contribution in [2.24, 2.45) is 0 Å². The zero-order valence-corrected chi connectivity index (χ0v) is 25.6. The second kappa shape index (κ2) is 11.1. The number of ether oxygens (including phenoxy) is 2. The number of hydrogen-bond acceptors (Lipinski definition) is 4. The molecule has 0 atom stereocenters. The van der Waals surface area contributed by atoms with E-state index in [1.54, 1.807) is 0 Å². The monoisotopic (exact) mass is 618 g/mol. The van der Waals surface area contributed by atoms with E-state index in [1.807, 2.05) is 48.5 Å². The molecule has 0 radical (unpaired) electrons. The van der Waals surface area contributed by atoms with Gasteiger partial charge in [-0.15, -0.1) is 0 Å². The number of fused-ring (bicyclic) bond motifs is 3. The normalized spacial score (nSPS) is 11.5. The first-order chi connectivity index (χ1) is 23.7. The minimum absolute atomic E-state index is 0.448. The lowest BCUT2D eigenvalue weighted by Gasteiger charge is -2.19. The molecule has 9 aromatic carbocycles. The van der Waals surface area contributed by atoms with Gasteiger partial charge in [-0.3, -0.25) is 9.59 Å². The Labute approximate surface area is 275 Å². The Balaban J connectivity index is 1.29. The molecule has 0 spiro atoms. The summed E-state index contributed by atoms with van der Waals surface area (Å²) >= 11 is 0. The molecule has 0 amide bonds. The summed E-state index contributed by atoms with van der Waals surface area (Å²) in [6.45, 7) is 0.929. The summed E-state index contributed by atoms with van der Waals surface area (Å²) in [5, 5.41) is 11.6. The van der Waals surface area contributed by atoms with Crippen LogP contribution in [0.15, 0.2) is 146 Å². The Morgan fingerprint density at radius 2 is 0.812 bits per heavy atom. The molecule has 0 aromatic heterocycles. The highest BCUT2D eigenvalue weighted by Crippen LogP contribution is 2.47. The minimum atomic E-state index is 0.448. The highest BCUT2D eigenvalue weighted by atomic mass is 16.5. The lowest BCUT2D eigenvalue weighted by molar-refractivity contribution is -0.121. The van der Waals surface area contributed by atoms with E-state index in [9.17, 15) is 9.59 Å². The van der Waals surface area contributed by atoms with E-state index in [2.05, 4.69) is 97.1 Å². The fourth-order valence-corrected chi connectivity index (χ4v) is 7.59. The summed E-state index contributed by atoms with van der Waals surface area (Å²) in [4.78, 5) is 22.1. The van der Waals surface area contributed by atoms with E-state index in [4.69, 9.17) is 9.47 Å². The number of hydrogen-bond donors (Lipinski definition) is 0. The fraction of sp³-hybridized carbons (Fsp3) is 0. The van der Waals surface area contributed by atoms with Crippen LogP contribution in [0.25, 0.3) is 87.2 Å². The standard InChI is InChI=1S/C44H26O4/c45-25-47-28-19-17-27(18-20-28)29-7-1-2-8-30(29)33-21-23-40-41-24-22-34(31-9-3-11-35-32(31)10-6-16-42(35)48-26-46)37-13-5-15-39(44(37)41)38-14-4-12-36(33)43(38)40/h1-26H. The molecule has 48 heavy (non-hydrogen) atoms. The van der Waals surface area contributed by atoms with Gasteiger partial charge >= 0.3 is 0 Å². The van der Waals surface area contributed by atoms with Crippen molar-refractivity contribution in [2.75, 3.05) is 0 Å². The van der Waals surface area contributed by atoms with Crippen molar-refractivity contribution in [3.8, 4) is 44.9 Å². The summed E-state index contributed by atoms with van der Waals surface area (Å²) in [7, 11) is 0. The molecule has 0 N–H and O–H groups in total. The molecule has 0 saturated carbocycles. The molecular weight excluding hydrogens is 592 g/mol. The predicted octanol–water partition coefficient (Wildman–Crippen LogP) is 11.0. The summed E-state index contributed by atoms with van der Waals surface area (Å²) in [5.41, 5.74) is 6.68. The van der Waals surface area contributed by atoms with Crippen LogP contribution in [-0.4, -0.2) is 12.9 Å². The summed E-state index contributed by atoms with van der Waals surface area (Å²) < 4.78 is 10.4. The Morgan fingerprint density at radius 3 is 1.48 bits per heavy atom. The second-order valence-electron chi connectivity index (χ2n) is 11.9. The molecule has 0 heterocycles. The van der Waals surface area contributed by atoms with Gasteiger partial charge in [0.25, 0.3) is 12.9 Å². The van der Waals surface area contributed by atoms with Crippen LogP contribution in [0, 0.1) is 0 Å². The van der Waals surface area contributed by atoms with Gasteiger partial charge in [-0.05, 0) is 100 Å². The van der Waals surface area contributed by atoms with Gasteiger partial charge in [-0.2, -0.15) is 0 Å². The molecular formula is C44H26O4. The zero-order chi connectivity index (χ0) is 32.2. The fourth-order valence-electron chi connectivity index (χ4n) is 7.59. The van der Waals surface area contributed by atoms with Gasteiger partial charge in [0.15, 0.2) is 0 Å². The van der Waals surface area contributed by atoms with Crippen LogP contribution in [-0.2, 0) is 9.59 Å². The lowest BCUT2D eigenvalue weighted by atomic mass is 9.84. The van der Waals surface area contributed by atoms with Crippen molar-refractivity contribution >= 4 is 66.8 Å². The quantitative estimate of drug-likeness (QED) is 0.101. The van der Waals surface area contributed by atoms with E-state index in [0.29, 0.717) is 24.4 Å². The van der Waals surface area contributed by atoms with Crippen LogP contribution in [0.2, 0.25) is 0 Å². The first kappa shape index (κ1) is 27.8. The van der Waals surface area contributed by atoms with Gasteiger partial charge in [0.2, 0.25) is 0 Å². The Kier molecular flexibility index (Phi) is 6.41. The van der Waals surface area contributed by atoms with Crippen LogP contribution < -0.4 is 9.47 Å². The highest BCUT2D eigenvalue weighted by molar-refractivity contribution is 6.35. The molecule has 9 aromatic rings. The largest absolute Gasteiger partial charge is 0.429 e. The van der Waals surface area contributed by atoms with Crippen molar-refractivity contribution in [1.82, 2.24) is 0 Å². The molecule has 0 unspecified atom stereocenters. The van der Waals surface area contributed by atoms with E-state index >= 15 is 0 Å². The van der Waals surface area contributed by atoms with E-state index in [1.165, 1.54) is 43.1 Å². The minimum Gasteiger partial charge on any atom is -0.429 e. The summed E-state index contributed by atoms with van der Waals surface area (Å²) in [6, 6.07) is 50.3. The lowest BCUT2D eigenvalue weighted by Crippen LogP contribution is -1.93. The molecule has 0 saturated heterocycles. The van der Waals surface area contributed by atoms with Crippen molar-refractivity contribution in [3.63, 3.8) is 0 Å². The highest BCUT2D eigenvalue weighted by Gasteiger charge is 2.19. The molecule has 9 rings (SSSR count). The number of benzene rings is 9. The van der Waals surface area contributed by atoms with Crippen LogP contribution >= 0.6 is 0 Å². The van der Waals surface area contributed by atoms with Crippen LogP contribution in [0.4, 0.5) is 0 Å². The molecule has 4 heteroatoms. The van der Waals surface area contributed by atoms with Crippen molar-refractivity contribution in [1.29, 1.82) is 0 Å². The maximum absolute atomic E-state index is 11.2. The first-order valence-corrected chi connectivity index (χ1v) is 15.8. The van der Waals surface area contributed by atoms with Gasteiger partial charge in [0.05, 0.1) is 0 Å². The predicted molar refractivity (Wildman–Crippen MR) is 195 cm³/mol. The van der Waals surface area contributed by atoms with E-state index in [-0.39, 0.29) is 0 Å². The Morgan fingerprint density at radius 1 is 0.333 bits per heavy atom. The van der Waals surface area contributed by atoms with Gasteiger partial charge in [-0.1, -0.05) is 127 Å². The average Bonchev–Trinajstić information content (AvgIpc) is 3.14. The van der Waals surface area contributed by atoms with Crippen LogP contribution in [0.1, 0.15) is 0 Å². The third-order valence-corrected chi connectivity index (χ3v) is 9.58. The molecule has 0 bridgehead atoms. The number of rotatable bonds is 7. The van der Waals surface area contributed by atoms with E-state index < -0.39 is 0 Å². The molecule has 0 aliphatic heterocycles. The zero-order valence-electron chi connectivity index (χ0n) is 25.6. The topological polar surface area (TPSA) is 52.6 Å². The van der Waals surface area contributed by atoms with E-state index in [0.717, 1.165) is 44.2 Å². The molecule has 0 fully saturated rings. The third-order valence-electron chi connectivity index (χ3n) is 9.58. The number of carbonyl (C=O) groups excluding carboxylic acids is 2. The Bertz CT molecular complexity index is 2690. The van der Waals surface area contributed by atoms with Crippen LogP contribution in [0.5, 0.6) is 11.5 Å². The van der Waals surface area contributed by atoms with Crippen molar-refractivity contribution in [2.45, 2.75) is 0 Å². The molecule has 0 aliphatic rings. The Hall–Kier alpha value is -6.52.